The molecule has 2 atom stereocenters. The maximum Gasteiger partial charge on any atom is 0.251 e. The maximum absolute atomic E-state index is 13.2. The number of rotatable bonds is 7. The Labute approximate surface area is 199 Å². The molecule has 2 aliphatic heterocycles. The van der Waals surface area contributed by atoms with Crippen LogP contribution in [0.5, 0.6) is 5.75 Å². The minimum atomic E-state index is -0.528. The van der Waals surface area contributed by atoms with E-state index in [2.05, 4.69) is 5.32 Å². The number of fused-ring (bicyclic) bond motifs is 1. The molecule has 8 nitrogen and oxygen atoms in total. The number of nitrogens with two attached hydrogens (primary N) is 1. The van der Waals surface area contributed by atoms with Gasteiger partial charge in [0.15, 0.2) is 5.96 Å². The largest absolute Gasteiger partial charge is 0.493 e. The van der Waals surface area contributed by atoms with Crippen LogP contribution < -0.4 is 15.8 Å². The average Bonchev–Trinajstić information content (AvgIpc) is 2.87. The fraction of sp³-hybridized carbons (Fsp3) is 0.423. The first-order valence-electron chi connectivity index (χ1n) is 11.8. The SMILES string of the molecule is CCC1(CC)CC(=O)N([C@@H]2CCOc3ccc(C(=O)N[C@@H](CO)c4ccccc4)cc32)C(N)=N1. The van der Waals surface area contributed by atoms with E-state index >= 15 is 0 Å². The Morgan fingerprint density at radius 3 is 2.65 bits per heavy atom. The molecule has 0 saturated carbocycles. The van der Waals surface area contributed by atoms with Gasteiger partial charge < -0.3 is 20.9 Å². The summed E-state index contributed by atoms with van der Waals surface area (Å²) < 4.78 is 5.81. The molecular weight excluding hydrogens is 432 g/mol. The van der Waals surface area contributed by atoms with Crippen molar-refractivity contribution in [1.82, 2.24) is 10.2 Å². The van der Waals surface area contributed by atoms with Crippen LogP contribution in [-0.2, 0) is 4.79 Å². The smallest absolute Gasteiger partial charge is 0.251 e. The van der Waals surface area contributed by atoms with Gasteiger partial charge in [0.05, 0.1) is 37.3 Å². The second kappa shape index (κ2) is 9.85. The third-order valence-corrected chi connectivity index (χ3v) is 6.95. The fourth-order valence-corrected chi connectivity index (χ4v) is 4.77. The molecule has 4 rings (SSSR count). The lowest BCUT2D eigenvalue weighted by Gasteiger charge is -2.41. The first kappa shape index (κ1) is 23.8. The Morgan fingerprint density at radius 2 is 2.00 bits per heavy atom. The first-order chi connectivity index (χ1) is 16.4. The van der Waals surface area contributed by atoms with Crippen LogP contribution in [0.4, 0.5) is 0 Å². The zero-order chi connectivity index (χ0) is 24.3. The van der Waals surface area contributed by atoms with E-state index in [-0.39, 0.29) is 30.4 Å². The summed E-state index contributed by atoms with van der Waals surface area (Å²) in [4.78, 5) is 32.6. The Bertz CT molecular complexity index is 1080. The van der Waals surface area contributed by atoms with E-state index in [0.29, 0.717) is 30.8 Å². The van der Waals surface area contributed by atoms with Crippen molar-refractivity contribution >= 4 is 17.8 Å². The van der Waals surface area contributed by atoms with Crippen LogP contribution >= 0.6 is 0 Å². The number of nitrogens with zero attached hydrogens (tertiary/aromatic N) is 2. The fourth-order valence-electron chi connectivity index (χ4n) is 4.77. The van der Waals surface area contributed by atoms with Gasteiger partial charge in [-0.25, -0.2) is 4.99 Å². The predicted octanol–water partition coefficient (Wildman–Crippen LogP) is 3.08. The molecule has 0 radical (unpaired) electrons. The number of hydrogen-bond donors (Lipinski definition) is 3. The second-order valence-electron chi connectivity index (χ2n) is 8.87. The number of hydrogen-bond acceptors (Lipinski definition) is 6. The van der Waals surface area contributed by atoms with E-state index in [1.54, 1.807) is 23.1 Å². The summed E-state index contributed by atoms with van der Waals surface area (Å²) in [5.74, 6) is 0.459. The molecule has 2 amide bonds. The molecule has 0 aliphatic carbocycles. The highest BCUT2D eigenvalue weighted by Gasteiger charge is 2.41. The van der Waals surface area contributed by atoms with E-state index in [9.17, 15) is 14.7 Å². The number of aliphatic hydroxyl groups is 1. The van der Waals surface area contributed by atoms with Gasteiger partial charge in [0.2, 0.25) is 5.91 Å². The first-order valence-corrected chi connectivity index (χ1v) is 11.8. The molecule has 2 aromatic carbocycles. The van der Waals surface area contributed by atoms with Crippen molar-refractivity contribution in [3.8, 4) is 5.75 Å². The highest BCUT2D eigenvalue weighted by molar-refractivity contribution is 6.00. The number of carbonyl (C=O) groups is 2. The van der Waals surface area contributed by atoms with Gasteiger partial charge in [-0.1, -0.05) is 44.2 Å². The number of ether oxygens (including phenoxy) is 1. The van der Waals surface area contributed by atoms with Crippen molar-refractivity contribution in [2.24, 2.45) is 10.7 Å². The topological polar surface area (TPSA) is 117 Å². The molecule has 2 heterocycles. The van der Waals surface area contributed by atoms with E-state index in [0.717, 1.165) is 24.0 Å². The standard InChI is InChI=1S/C26H32N4O4/c1-3-26(4-2)15-23(32)30(25(27)29-26)21-12-13-34-22-11-10-18(14-19(21)22)24(33)28-20(16-31)17-8-6-5-7-9-17/h5-11,14,20-21,31H,3-4,12-13,15-16H2,1-2H3,(H2,27,29)(H,28,33)/t20-,21+/m0/s1. The molecule has 0 unspecified atom stereocenters. The molecule has 180 valence electrons. The zero-order valence-electron chi connectivity index (χ0n) is 19.7. The normalized spacial score (nSPS) is 20.1. The number of aliphatic imine (C=N–C) groups is 1. The Kier molecular flexibility index (Phi) is 6.88. The summed E-state index contributed by atoms with van der Waals surface area (Å²) in [5.41, 5.74) is 7.84. The summed E-state index contributed by atoms with van der Waals surface area (Å²) in [6, 6.07) is 13.6. The predicted molar refractivity (Wildman–Crippen MR) is 129 cm³/mol. The zero-order valence-corrected chi connectivity index (χ0v) is 19.7. The molecule has 0 fully saturated rings. The van der Waals surface area contributed by atoms with Gasteiger partial charge in [-0.15, -0.1) is 0 Å². The average molecular weight is 465 g/mol. The van der Waals surface area contributed by atoms with E-state index < -0.39 is 11.6 Å². The molecule has 34 heavy (non-hydrogen) atoms. The van der Waals surface area contributed by atoms with Crippen molar-refractivity contribution in [3.63, 3.8) is 0 Å². The molecular formula is C26H32N4O4. The van der Waals surface area contributed by atoms with Gasteiger partial charge in [-0.3, -0.25) is 14.5 Å². The third-order valence-electron chi connectivity index (χ3n) is 6.95. The quantitative estimate of drug-likeness (QED) is 0.582. The van der Waals surface area contributed by atoms with E-state index in [4.69, 9.17) is 15.5 Å². The molecule has 4 N–H and O–H groups in total. The Morgan fingerprint density at radius 1 is 1.26 bits per heavy atom. The monoisotopic (exact) mass is 464 g/mol. The molecule has 0 saturated heterocycles. The third kappa shape index (κ3) is 4.50. The highest BCUT2D eigenvalue weighted by atomic mass is 16.5. The van der Waals surface area contributed by atoms with Crippen LogP contribution in [0, 0.1) is 0 Å². The van der Waals surface area contributed by atoms with Crippen molar-refractivity contribution in [2.75, 3.05) is 13.2 Å². The van der Waals surface area contributed by atoms with Crippen molar-refractivity contribution in [2.45, 2.75) is 57.2 Å². The van der Waals surface area contributed by atoms with Crippen LogP contribution in [0.15, 0.2) is 53.5 Å². The van der Waals surface area contributed by atoms with Gasteiger partial charge in [0.25, 0.3) is 5.91 Å². The molecule has 2 aromatic rings. The number of nitrogens with one attached hydrogen (secondary N) is 1. The lowest BCUT2D eigenvalue weighted by molar-refractivity contribution is -0.132. The summed E-state index contributed by atoms with van der Waals surface area (Å²) in [7, 11) is 0. The van der Waals surface area contributed by atoms with Gasteiger partial charge in [-0.05, 0) is 36.6 Å². The van der Waals surface area contributed by atoms with Gasteiger partial charge in [0.1, 0.15) is 5.75 Å². The molecule has 0 aromatic heterocycles. The molecule has 2 aliphatic rings. The van der Waals surface area contributed by atoms with Crippen LogP contribution in [0.1, 0.15) is 73.1 Å². The summed E-state index contributed by atoms with van der Waals surface area (Å²) in [5, 5.41) is 12.7. The number of benzene rings is 2. The number of guanidine groups is 1. The van der Waals surface area contributed by atoms with Crippen molar-refractivity contribution < 1.29 is 19.4 Å². The van der Waals surface area contributed by atoms with Crippen molar-refractivity contribution in [3.05, 3.63) is 65.2 Å². The molecule has 0 spiro atoms. The van der Waals surface area contributed by atoms with Crippen LogP contribution in [-0.4, -0.2) is 46.5 Å². The van der Waals surface area contributed by atoms with Gasteiger partial charge >= 0.3 is 0 Å². The number of amides is 2. The minimum Gasteiger partial charge on any atom is -0.493 e. The molecule has 0 bridgehead atoms. The van der Waals surface area contributed by atoms with E-state index in [1.807, 2.05) is 44.2 Å². The molecule has 8 heteroatoms. The Balaban J connectivity index is 1.62. The number of carbonyl (C=O) groups excluding carboxylic acids is 2. The lowest BCUT2D eigenvalue weighted by atomic mass is 9.87. The second-order valence-corrected chi connectivity index (χ2v) is 8.87. The maximum atomic E-state index is 13.2. The van der Waals surface area contributed by atoms with Crippen LogP contribution in [0.3, 0.4) is 0 Å². The van der Waals surface area contributed by atoms with Crippen LogP contribution in [0.2, 0.25) is 0 Å². The van der Waals surface area contributed by atoms with Gasteiger partial charge in [0, 0.05) is 17.5 Å². The number of aliphatic hydroxyl groups excluding tert-OH is 1. The van der Waals surface area contributed by atoms with Crippen molar-refractivity contribution in [1.29, 1.82) is 0 Å². The van der Waals surface area contributed by atoms with Gasteiger partial charge in [-0.2, -0.15) is 0 Å². The lowest BCUT2D eigenvalue weighted by Crippen LogP contribution is -2.53. The minimum absolute atomic E-state index is 0.0617. The van der Waals surface area contributed by atoms with E-state index in [1.165, 1.54) is 0 Å². The Hall–Kier alpha value is -3.39. The summed E-state index contributed by atoms with van der Waals surface area (Å²) in [6.07, 6.45) is 2.34. The highest BCUT2D eigenvalue weighted by Crippen LogP contribution is 2.40. The summed E-state index contributed by atoms with van der Waals surface area (Å²) in [6.45, 7) is 4.26. The van der Waals surface area contributed by atoms with Crippen LogP contribution in [0.25, 0.3) is 0 Å². The summed E-state index contributed by atoms with van der Waals surface area (Å²) >= 11 is 0.